The van der Waals surface area contributed by atoms with Gasteiger partial charge in [-0.15, -0.1) is 6.42 Å². The van der Waals surface area contributed by atoms with Crippen LogP contribution in [0.4, 0.5) is 0 Å². The van der Waals surface area contributed by atoms with Crippen LogP contribution in [0.2, 0.25) is 0 Å². The number of aliphatic hydroxyl groups excluding tert-OH is 1. The Morgan fingerprint density at radius 2 is 2.07 bits per heavy atom. The quantitative estimate of drug-likeness (QED) is 0.210. The fourth-order valence-electron chi connectivity index (χ4n) is 3.82. The SMILES string of the molecule is C#CC(O)(CC=C[C@H]1[C@H](O)CC(=O)[C@@H]1CCCCSCC(=O)O)CCCCCC. The van der Waals surface area contributed by atoms with Gasteiger partial charge in [0, 0.05) is 24.7 Å². The first kappa shape index (κ1) is 25.7. The maximum atomic E-state index is 12.3. The third kappa shape index (κ3) is 9.84. The number of carboxylic acids is 1. The Hall–Kier alpha value is -1.29. The third-order valence-electron chi connectivity index (χ3n) is 5.54. The molecule has 5 nitrogen and oxygen atoms in total. The minimum absolute atomic E-state index is 0.0807. The van der Waals surface area contributed by atoms with Crippen molar-refractivity contribution in [2.45, 2.75) is 82.8 Å². The van der Waals surface area contributed by atoms with Gasteiger partial charge >= 0.3 is 5.97 Å². The molecule has 1 rings (SSSR count). The lowest BCUT2D eigenvalue weighted by atomic mass is 9.87. The molecule has 164 valence electrons. The largest absolute Gasteiger partial charge is 0.481 e. The van der Waals surface area contributed by atoms with Crippen LogP contribution in [0.5, 0.6) is 0 Å². The second-order valence-electron chi connectivity index (χ2n) is 7.98. The monoisotopic (exact) mass is 424 g/mol. The number of aliphatic hydroxyl groups is 2. The van der Waals surface area contributed by atoms with E-state index >= 15 is 0 Å². The zero-order valence-electron chi connectivity index (χ0n) is 17.5. The molecule has 0 aromatic carbocycles. The molecular weight excluding hydrogens is 388 g/mol. The van der Waals surface area contributed by atoms with Crippen LogP contribution in [0.3, 0.4) is 0 Å². The topological polar surface area (TPSA) is 94.8 Å². The number of terminal acetylenes is 1. The number of hydrogen-bond acceptors (Lipinski definition) is 5. The number of hydrogen-bond donors (Lipinski definition) is 3. The number of unbranched alkanes of at least 4 members (excludes halogenated alkanes) is 4. The highest BCUT2D eigenvalue weighted by molar-refractivity contribution is 7.99. The minimum Gasteiger partial charge on any atom is -0.481 e. The van der Waals surface area contributed by atoms with E-state index in [0.29, 0.717) is 19.3 Å². The molecular formula is C23H36O5S. The molecule has 0 bridgehead atoms. The molecule has 0 aromatic heterocycles. The van der Waals surface area contributed by atoms with Crippen molar-refractivity contribution in [3.8, 4) is 12.3 Å². The van der Waals surface area contributed by atoms with Crippen LogP contribution in [-0.2, 0) is 9.59 Å². The van der Waals surface area contributed by atoms with Gasteiger partial charge in [0.15, 0.2) is 0 Å². The van der Waals surface area contributed by atoms with Crippen LogP contribution in [-0.4, -0.2) is 50.3 Å². The summed E-state index contributed by atoms with van der Waals surface area (Å²) in [5, 5.41) is 29.5. The Bertz CT molecular complexity index is 582. The number of carbonyl (C=O) groups is 2. The van der Waals surface area contributed by atoms with Gasteiger partial charge in [0.2, 0.25) is 0 Å². The highest BCUT2D eigenvalue weighted by Gasteiger charge is 2.39. The van der Waals surface area contributed by atoms with Crippen molar-refractivity contribution in [2.24, 2.45) is 11.8 Å². The second-order valence-corrected chi connectivity index (χ2v) is 9.09. The zero-order chi connectivity index (χ0) is 21.7. The molecule has 0 heterocycles. The van der Waals surface area contributed by atoms with Crippen LogP contribution in [0.25, 0.3) is 0 Å². The standard InChI is InChI=1S/C23H36O5S/c1-3-5-6-8-13-23(28,4-2)14-10-12-19-18(20(24)16-21(19)25)11-7-9-15-29-17-22(26)27/h2,10,12,18-19,21,25,28H,3,5-9,11,13-17H2,1H3,(H,26,27)/t18-,19-,21-,23?/m1/s1. The van der Waals surface area contributed by atoms with Crippen LogP contribution >= 0.6 is 11.8 Å². The molecule has 1 aliphatic rings. The maximum Gasteiger partial charge on any atom is 0.313 e. The molecule has 0 saturated heterocycles. The molecule has 1 unspecified atom stereocenters. The Kier molecular flexibility index (Phi) is 12.3. The van der Waals surface area contributed by atoms with Crippen molar-refractivity contribution in [2.75, 3.05) is 11.5 Å². The van der Waals surface area contributed by atoms with E-state index in [4.69, 9.17) is 11.5 Å². The van der Waals surface area contributed by atoms with Gasteiger partial charge in [0.1, 0.15) is 11.4 Å². The third-order valence-corrected chi connectivity index (χ3v) is 6.57. The molecule has 1 aliphatic carbocycles. The fraction of sp³-hybridized carbons (Fsp3) is 0.739. The predicted octanol–water partition coefficient (Wildman–Crippen LogP) is 3.82. The highest BCUT2D eigenvalue weighted by Crippen LogP contribution is 2.34. The van der Waals surface area contributed by atoms with E-state index in [-0.39, 0.29) is 29.8 Å². The Balaban J connectivity index is 2.50. The molecule has 29 heavy (non-hydrogen) atoms. The summed E-state index contributed by atoms with van der Waals surface area (Å²) in [4.78, 5) is 22.8. The lowest BCUT2D eigenvalue weighted by Crippen LogP contribution is -2.25. The van der Waals surface area contributed by atoms with Gasteiger partial charge in [-0.3, -0.25) is 9.59 Å². The molecule has 0 aliphatic heterocycles. The van der Waals surface area contributed by atoms with Crippen LogP contribution in [0.15, 0.2) is 12.2 Å². The molecule has 1 fully saturated rings. The van der Waals surface area contributed by atoms with Gasteiger partial charge in [-0.1, -0.05) is 50.7 Å². The molecule has 0 radical (unpaired) electrons. The molecule has 4 atom stereocenters. The van der Waals surface area contributed by atoms with E-state index < -0.39 is 17.7 Å². The van der Waals surface area contributed by atoms with E-state index in [1.54, 1.807) is 0 Å². The van der Waals surface area contributed by atoms with Crippen molar-refractivity contribution in [3.05, 3.63) is 12.2 Å². The number of ketones is 1. The van der Waals surface area contributed by atoms with Gasteiger partial charge in [-0.2, -0.15) is 11.8 Å². The van der Waals surface area contributed by atoms with Gasteiger partial charge < -0.3 is 15.3 Å². The van der Waals surface area contributed by atoms with Gasteiger partial charge in [0.05, 0.1) is 11.9 Å². The summed E-state index contributed by atoms with van der Waals surface area (Å²) < 4.78 is 0. The zero-order valence-corrected chi connectivity index (χ0v) is 18.3. The fourth-order valence-corrected chi connectivity index (χ4v) is 4.54. The van der Waals surface area contributed by atoms with Crippen molar-refractivity contribution in [1.29, 1.82) is 0 Å². The maximum absolute atomic E-state index is 12.3. The average Bonchev–Trinajstić information content (AvgIpc) is 2.94. The molecule has 6 heteroatoms. The summed E-state index contributed by atoms with van der Waals surface area (Å²) in [6.45, 7) is 2.13. The van der Waals surface area contributed by atoms with Gasteiger partial charge in [-0.05, 0) is 31.4 Å². The van der Waals surface area contributed by atoms with Crippen molar-refractivity contribution < 1.29 is 24.9 Å². The first-order chi connectivity index (χ1) is 13.8. The molecule has 3 N–H and O–H groups in total. The summed E-state index contributed by atoms with van der Waals surface area (Å²) in [6, 6.07) is 0. The summed E-state index contributed by atoms with van der Waals surface area (Å²) in [5.41, 5.74) is -1.17. The summed E-state index contributed by atoms with van der Waals surface area (Å²) >= 11 is 1.38. The van der Waals surface area contributed by atoms with Crippen molar-refractivity contribution in [1.82, 2.24) is 0 Å². The van der Waals surface area contributed by atoms with Crippen LogP contribution in [0, 0.1) is 24.2 Å². The Labute approximate surface area is 179 Å². The Morgan fingerprint density at radius 1 is 1.31 bits per heavy atom. The average molecular weight is 425 g/mol. The number of rotatable bonds is 15. The highest BCUT2D eigenvalue weighted by atomic mass is 32.2. The van der Waals surface area contributed by atoms with Gasteiger partial charge in [0.25, 0.3) is 0 Å². The normalized spacial score (nSPS) is 23.9. The lowest BCUT2D eigenvalue weighted by molar-refractivity contribution is -0.134. The van der Waals surface area contributed by atoms with E-state index in [1.807, 2.05) is 12.2 Å². The minimum atomic E-state index is -1.17. The number of Topliss-reactive ketones (excluding diaryl/α,β-unsaturated/α-hetero) is 1. The number of carbonyl (C=O) groups excluding carboxylic acids is 1. The Morgan fingerprint density at radius 3 is 2.72 bits per heavy atom. The lowest BCUT2D eigenvalue weighted by Gasteiger charge is -2.21. The first-order valence-electron chi connectivity index (χ1n) is 10.7. The van der Waals surface area contributed by atoms with Crippen molar-refractivity contribution in [3.63, 3.8) is 0 Å². The summed E-state index contributed by atoms with van der Waals surface area (Å²) in [6.07, 6.45) is 16.1. The molecule has 0 aromatic rings. The van der Waals surface area contributed by atoms with Gasteiger partial charge in [-0.25, -0.2) is 0 Å². The number of carboxylic acid groups (broad SMARTS) is 1. The molecule has 0 spiro atoms. The summed E-state index contributed by atoms with van der Waals surface area (Å²) in [5.74, 6) is 2.17. The first-order valence-corrected chi connectivity index (χ1v) is 11.9. The molecule has 0 amide bonds. The van der Waals surface area contributed by atoms with Crippen LogP contribution in [0.1, 0.15) is 71.1 Å². The van der Waals surface area contributed by atoms with Crippen LogP contribution < -0.4 is 0 Å². The number of aliphatic carboxylic acids is 1. The predicted molar refractivity (Wildman–Crippen MR) is 118 cm³/mol. The van der Waals surface area contributed by atoms with E-state index in [9.17, 15) is 19.8 Å². The van der Waals surface area contributed by atoms with Crippen molar-refractivity contribution >= 4 is 23.5 Å². The number of thioether (sulfide) groups is 1. The summed E-state index contributed by atoms with van der Waals surface area (Å²) in [7, 11) is 0. The van der Waals surface area contributed by atoms with E-state index in [1.165, 1.54) is 11.8 Å². The molecule has 1 saturated carbocycles. The van der Waals surface area contributed by atoms with E-state index in [2.05, 4.69) is 12.8 Å². The second kappa shape index (κ2) is 13.8. The smallest absolute Gasteiger partial charge is 0.313 e. The van der Waals surface area contributed by atoms with E-state index in [0.717, 1.165) is 44.3 Å².